The molecule has 0 unspecified atom stereocenters. The van der Waals surface area contributed by atoms with Crippen molar-refractivity contribution < 1.29 is 4.79 Å². The molecular formula is C19H23ClN2O. The molecule has 2 aromatic carbocycles. The fourth-order valence-electron chi connectivity index (χ4n) is 2.44. The molecule has 0 aliphatic rings. The summed E-state index contributed by atoms with van der Waals surface area (Å²) in [5.41, 5.74) is 15.1. The Morgan fingerprint density at radius 2 is 1.35 bits per heavy atom. The molecule has 0 saturated heterocycles. The van der Waals surface area contributed by atoms with Gasteiger partial charge in [0.25, 0.3) is 0 Å². The van der Waals surface area contributed by atoms with E-state index in [0.717, 1.165) is 18.4 Å². The Kier molecular flexibility index (Phi) is 7.92. The molecule has 0 fully saturated rings. The highest BCUT2D eigenvalue weighted by Crippen LogP contribution is 2.14. The number of hydrogen-bond donors (Lipinski definition) is 2. The molecule has 0 aliphatic heterocycles. The van der Waals surface area contributed by atoms with Gasteiger partial charge in [0.15, 0.2) is 0 Å². The number of carbonyl (C=O) groups is 1. The number of aryl methyl sites for hydroxylation is 1. The number of nitrogens with two attached hydrogens (primary N) is 2. The lowest BCUT2D eigenvalue weighted by Gasteiger charge is -2.10. The minimum Gasteiger partial charge on any atom is -0.402 e. The molecule has 4 heteroatoms. The summed E-state index contributed by atoms with van der Waals surface area (Å²) >= 11 is 0. The molecule has 4 N–H and O–H groups in total. The summed E-state index contributed by atoms with van der Waals surface area (Å²) in [7, 11) is 0. The molecule has 23 heavy (non-hydrogen) atoms. The first-order valence-electron chi connectivity index (χ1n) is 7.52. The molecule has 0 aromatic heterocycles. The predicted octanol–water partition coefficient (Wildman–Crippen LogP) is 3.37. The molecule has 0 bridgehead atoms. The van der Waals surface area contributed by atoms with E-state index in [0.29, 0.717) is 24.1 Å². The fraction of sp³-hybridized carbons (Fsp3) is 0.211. The van der Waals surface area contributed by atoms with E-state index in [4.69, 9.17) is 11.5 Å². The number of halogens is 1. The van der Waals surface area contributed by atoms with Crippen LogP contribution >= 0.6 is 12.4 Å². The van der Waals surface area contributed by atoms with E-state index in [1.807, 2.05) is 48.5 Å². The smallest absolute Gasteiger partial charge is 0.246 e. The molecule has 1 amide bonds. The molecule has 0 aliphatic carbocycles. The second-order valence-electron chi connectivity index (χ2n) is 5.37. The number of benzene rings is 2. The number of carbonyl (C=O) groups excluding carboxylic acids is 1. The van der Waals surface area contributed by atoms with Crippen LogP contribution in [0.1, 0.15) is 24.0 Å². The normalized spacial score (nSPS) is 11.3. The molecule has 0 radical (unpaired) electrons. The highest BCUT2D eigenvalue weighted by atomic mass is 35.5. The highest BCUT2D eigenvalue weighted by molar-refractivity contribution is 5.93. The van der Waals surface area contributed by atoms with Gasteiger partial charge in [-0.2, -0.15) is 0 Å². The Balaban J connectivity index is 0.00000264. The average Bonchev–Trinajstić information content (AvgIpc) is 2.54. The van der Waals surface area contributed by atoms with Crippen LogP contribution in [0, 0.1) is 0 Å². The molecule has 3 nitrogen and oxygen atoms in total. The second-order valence-corrected chi connectivity index (χ2v) is 5.37. The number of amides is 1. The van der Waals surface area contributed by atoms with Crippen LogP contribution in [-0.4, -0.2) is 5.91 Å². The number of primary amides is 1. The summed E-state index contributed by atoms with van der Waals surface area (Å²) in [6.45, 7) is 0. The molecular weight excluding hydrogens is 308 g/mol. The van der Waals surface area contributed by atoms with Crippen molar-refractivity contribution in [2.75, 3.05) is 0 Å². The van der Waals surface area contributed by atoms with Crippen LogP contribution in [0.3, 0.4) is 0 Å². The molecule has 0 heterocycles. The van der Waals surface area contributed by atoms with E-state index in [2.05, 4.69) is 12.1 Å². The topological polar surface area (TPSA) is 69.1 Å². The van der Waals surface area contributed by atoms with Crippen molar-refractivity contribution >= 4 is 18.3 Å². The van der Waals surface area contributed by atoms with Crippen LogP contribution in [0.4, 0.5) is 0 Å². The minimum absolute atomic E-state index is 0. The number of allylic oxidation sites excluding steroid dienone is 1. The molecule has 0 atom stereocenters. The van der Waals surface area contributed by atoms with Crippen LogP contribution in [-0.2, 0) is 17.6 Å². The Hall–Kier alpha value is -2.26. The summed E-state index contributed by atoms with van der Waals surface area (Å²) in [5, 5.41) is 0. The first-order valence-corrected chi connectivity index (χ1v) is 7.52. The zero-order valence-electron chi connectivity index (χ0n) is 13.1. The predicted molar refractivity (Wildman–Crippen MR) is 97.2 cm³/mol. The van der Waals surface area contributed by atoms with E-state index in [9.17, 15) is 4.79 Å². The number of rotatable bonds is 7. The molecule has 122 valence electrons. The Bertz CT molecular complexity index is 639. The summed E-state index contributed by atoms with van der Waals surface area (Å²) < 4.78 is 0. The maximum absolute atomic E-state index is 11.7. The van der Waals surface area contributed by atoms with Gasteiger partial charge in [0.2, 0.25) is 5.91 Å². The summed E-state index contributed by atoms with van der Waals surface area (Å²) in [4.78, 5) is 11.7. The molecule has 0 saturated carbocycles. The van der Waals surface area contributed by atoms with E-state index in [-0.39, 0.29) is 12.4 Å². The quantitative estimate of drug-likeness (QED) is 0.764. The Morgan fingerprint density at radius 1 is 0.826 bits per heavy atom. The first-order chi connectivity index (χ1) is 10.7. The largest absolute Gasteiger partial charge is 0.402 e. The first kappa shape index (κ1) is 18.8. The lowest BCUT2D eigenvalue weighted by molar-refractivity contribution is -0.114. The maximum atomic E-state index is 11.7. The monoisotopic (exact) mass is 330 g/mol. The van der Waals surface area contributed by atoms with Crippen molar-refractivity contribution in [3.8, 4) is 0 Å². The SMILES string of the molecule is Cl.NC(=O)/C(Cc1ccccc1)=C(/N)CCCc1ccccc1. The van der Waals surface area contributed by atoms with Gasteiger partial charge in [-0.15, -0.1) is 12.4 Å². The van der Waals surface area contributed by atoms with Crippen LogP contribution in [0.15, 0.2) is 71.9 Å². The third kappa shape index (κ3) is 6.17. The van der Waals surface area contributed by atoms with Crippen LogP contribution in [0.5, 0.6) is 0 Å². The average molecular weight is 331 g/mol. The van der Waals surface area contributed by atoms with E-state index in [1.165, 1.54) is 5.56 Å². The second kappa shape index (κ2) is 9.70. The van der Waals surface area contributed by atoms with Gasteiger partial charge in [-0.1, -0.05) is 60.7 Å². The van der Waals surface area contributed by atoms with Gasteiger partial charge < -0.3 is 11.5 Å². The van der Waals surface area contributed by atoms with Gasteiger partial charge in [-0.25, -0.2) is 0 Å². The van der Waals surface area contributed by atoms with Crippen molar-refractivity contribution in [1.29, 1.82) is 0 Å². The summed E-state index contributed by atoms with van der Waals surface area (Å²) in [6.07, 6.45) is 3.02. The minimum atomic E-state index is -0.430. The summed E-state index contributed by atoms with van der Waals surface area (Å²) in [5.74, 6) is -0.430. The zero-order chi connectivity index (χ0) is 15.8. The lowest BCUT2D eigenvalue weighted by Crippen LogP contribution is -2.20. The highest BCUT2D eigenvalue weighted by Gasteiger charge is 2.11. The molecule has 2 aromatic rings. The van der Waals surface area contributed by atoms with Crippen molar-refractivity contribution in [3.63, 3.8) is 0 Å². The van der Waals surface area contributed by atoms with Gasteiger partial charge in [0.05, 0.1) is 0 Å². The van der Waals surface area contributed by atoms with E-state index < -0.39 is 5.91 Å². The third-order valence-corrected chi connectivity index (χ3v) is 3.66. The van der Waals surface area contributed by atoms with Gasteiger partial charge >= 0.3 is 0 Å². The van der Waals surface area contributed by atoms with Gasteiger partial charge in [0.1, 0.15) is 0 Å². The van der Waals surface area contributed by atoms with E-state index >= 15 is 0 Å². The number of hydrogen-bond acceptors (Lipinski definition) is 2. The third-order valence-electron chi connectivity index (χ3n) is 3.66. The Morgan fingerprint density at radius 3 is 1.87 bits per heavy atom. The molecule has 0 spiro atoms. The van der Waals surface area contributed by atoms with Gasteiger partial charge in [0, 0.05) is 17.7 Å². The van der Waals surface area contributed by atoms with Crippen molar-refractivity contribution in [1.82, 2.24) is 0 Å². The van der Waals surface area contributed by atoms with Crippen molar-refractivity contribution in [2.24, 2.45) is 11.5 Å². The zero-order valence-corrected chi connectivity index (χ0v) is 13.9. The van der Waals surface area contributed by atoms with Crippen molar-refractivity contribution in [3.05, 3.63) is 83.1 Å². The standard InChI is InChI=1S/C19H22N2O.ClH/c20-18(13-7-12-15-8-3-1-4-9-15)17(19(21)22)14-16-10-5-2-6-11-16;/h1-6,8-11H,7,12-14,20H2,(H2,21,22);1H/b18-17+;. The van der Waals surface area contributed by atoms with Crippen LogP contribution < -0.4 is 11.5 Å². The van der Waals surface area contributed by atoms with Gasteiger partial charge in [-0.05, 0) is 30.4 Å². The Labute approximate surface area is 143 Å². The summed E-state index contributed by atoms with van der Waals surface area (Å²) in [6, 6.07) is 20.0. The van der Waals surface area contributed by atoms with Gasteiger partial charge in [-0.3, -0.25) is 4.79 Å². The lowest BCUT2D eigenvalue weighted by atomic mass is 9.99. The van der Waals surface area contributed by atoms with Crippen molar-refractivity contribution in [2.45, 2.75) is 25.7 Å². The van der Waals surface area contributed by atoms with E-state index in [1.54, 1.807) is 0 Å². The maximum Gasteiger partial charge on any atom is 0.246 e. The van der Waals surface area contributed by atoms with Crippen LogP contribution in [0.2, 0.25) is 0 Å². The van der Waals surface area contributed by atoms with Crippen LogP contribution in [0.25, 0.3) is 0 Å². The molecule has 2 rings (SSSR count). The fourth-order valence-corrected chi connectivity index (χ4v) is 2.44.